The minimum absolute atomic E-state index is 0.337. The van der Waals surface area contributed by atoms with Crippen LogP contribution in [0.4, 0.5) is 0 Å². The van der Waals surface area contributed by atoms with Crippen molar-refractivity contribution in [3.05, 3.63) is 0 Å². The molecule has 0 aliphatic carbocycles. The Bertz CT molecular complexity index is 864. The third kappa shape index (κ3) is 32.8. The Morgan fingerprint density at radius 1 is 0.311 bits per heavy atom. The Morgan fingerprint density at radius 3 is 0.902 bits per heavy atom. The Kier molecular flexibility index (Phi) is 40.5. The van der Waals surface area contributed by atoms with Crippen molar-refractivity contribution in [1.82, 2.24) is 29.4 Å². The fraction of sp³-hybridized carbons (Fsp3) is 1.00. The quantitative estimate of drug-likeness (QED) is 0.106. The van der Waals surface area contributed by atoms with Gasteiger partial charge in [-0.25, -0.2) is 0 Å². The Labute approximate surface area is 377 Å². The van der Waals surface area contributed by atoms with E-state index >= 15 is 0 Å². The van der Waals surface area contributed by atoms with E-state index in [4.69, 9.17) is 30.6 Å². The molecule has 6 saturated heterocycles. The van der Waals surface area contributed by atoms with E-state index in [1.165, 1.54) is 162 Å². The first-order chi connectivity index (χ1) is 29.8. The largest absolute Gasteiger partial charge is 0.396 e. The van der Waals surface area contributed by atoms with Gasteiger partial charge in [0.15, 0.2) is 0 Å². The van der Waals surface area contributed by atoms with Crippen molar-refractivity contribution in [1.29, 1.82) is 0 Å². The molecule has 0 bridgehead atoms. The lowest BCUT2D eigenvalue weighted by Gasteiger charge is -2.30. The van der Waals surface area contributed by atoms with E-state index in [2.05, 4.69) is 50.2 Å². The summed E-state index contributed by atoms with van der Waals surface area (Å²) in [5, 5.41) is 51.5. The average Bonchev–Trinajstić information content (AvgIpc) is 4.02. The standard InChI is InChI=1S/2C9H19NO.3C8H17NO.C7H15NO/c1-9-4-2-5-10(8-9)6-3-7-11;11-9-5-8-10-6-3-1-2-4-7-10;2*1-8-4-2-5-9(8)6-3-7-10;10-8-4-7-9-5-2-1-3-6-9;9-7-3-6-8-4-1-2-5-8/h9,11H,2-8H2,1H3;11H,1-9H2;2*8,10H,2-7H2,1H3;10H,1-8H2;9H,1-7H2/t9-;;2*8-;;/m0.00../s1. The molecule has 0 amide bonds. The second kappa shape index (κ2) is 42.2. The highest BCUT2D eigenvalue weighted by Gasteiger charge is 2.20. The zero-order valence-corrected chi connectivity index (χ0v) is 40.5. The maximum absolute atomic E-state index is 8.64. The van der Waals surface area contributed by atoms with Crippen molar-refractivity contribution < 1.29 is 30.6 Å². The third-order valence-electron chi connectivity index (χ3n) is 13.2. The van der Waals surface area contributed by atoms with Crippen molar-refractivity contribution >= 4 is 0 Å². The minimum Gasteiger partial charge on any atom is -0.396 e. The van der Waals surface area contributed by atoms with Crippen LogP contribution in [0.15, 0.2) is 0 Å². The maximum Gasteiger partial charge on any atom is 0.0443 e. The molecule has 6 heterocycles. The summed E-state index contributed by atoms with van der Waals surface area (Å²) in [6, 6.07) is 1.51. The number of rotatable bonds is 18. The predicted octanol–water partition coefficient (Wildman–Crippen LogP) is 5.37. The summed E-state index contributed by atoms with van der Waals surface area (Å²) in [4.78, 5) is 14.7. The van der Waals surface area contributed by atoms with Crippen LogP contribution in [0.3, 0.4) is 0 Å². The average molecular weight is 873 g/mol. The highest BCUT2D eigenvalue weighted by atomic mass is 16.3. The highest BCUT2D eigenvalue weighted by Crippen LogP contribution is 2.17. The van der Waals surface area contributed by atoms with Crippen LogP contribution in [0.2, 0.25) is 0 Å². The third-order valence-corrected chi connectivity index (χ3v) is 13.2. The van der Waals surface area contributed by atoms with Crippen LogP contribution in [0.5, 0.6) is 0 Å². The van der Waals surface area contributed by atoms with Crippen LogP contribution < -0.4 is 0 Å². The first-order valence-corrected chi connectivity index (χ1v) is 25.8. The highest BCUT2D eigenvalue weighted by molar-refractivity contribution is 4.75. The molecule has 0 aromatic rings. The van der Waals surface area contributed by atoms with Crippen LogP contribution in [-0.4, -0.2) is 216 Å². The van der Waals surface area contributed by atoms with Crippen LogP contribution in [-0.2, 0) is 0 Å². The van der Waals surface area contributed by atoms with Gasteiger partial charge in [0, 0.05) is 97.5 Å². The number of hydrogen-bond donors (Lipinski definition) is 6. The molecule has 6 rings (SSSR count). The van der Waals surface area contributed by atoms with Crippen molar-refractivity contribution in [3.8, 4) is 0 Å². The smallest absolute Gasteiger partial charge is 0.0443 e. The van der Waals surface area contributed by atoms with Gasteiger partial charge >= 0.3 is 0 Å². The van der Waals surface area contributed by atoms with Gasteiger partial charge in [-0.2, -0.15) is 0 Å². The molecule has 6 aliphatic rings. The zero-order chi connectivity index (χ0) is 44.6. The molecule has 366 valence electrons. The number of piperidine rings is 2. The second-order valence-electron chi connectivity index (χ2n) is 18.8. The number of likely N-dealkylation sites (tertiary alicyclic amines) is 6. The van der Waals surface area contributed by atoms with Crippen molar-refractivity contribution in [2.24, 2.45) is 5.92 Å². The zero-order valence-electron chi connectivity index (χ0n) is 40.5. The fourth-order valence-corrected chi connectivity index (χ4v) is 9.41. The van der Waals surface area contributed by atoms with Gasteiger partial charge in [-0.3, -0.25) is 0 Å². The lowest BCUT2D eigenvalue weighted by Crippen LogP contribution is -2.35. The van der Waals surface area contributed by atoms with Crippen LogP contribution >= 0.6 is 0 Å². The molecule has 0 saturated carbocycles. The van der Waals surface area contributed by atoms with Crippen LogP contribution in [0, 0.1) is 5.92 Å². The van der Waals surface area contributed by atoms with E-state index in [1.807, 2.05) is 0 Å². The van der Waals surface area contributed by atoms with E-state index in [1.54, 1.807) is 0 Å². The summed E-state index contributed by atoms with van der Waals surface area (Å²) < 4.78 is 0. The van der Waals surface area contributed by atoms with E-state index in [9.17, 15) is 0 Å². The summed E-state index contributed by atoms with van der Waals surface area (Å²) in [6.07, 6.45) is 26.0. The summed E-state index contributed by atoms with van der Waals surface area (Å²) in [5.41, 5.74) is 0. The molecule has 6 aliphatic heterocycles. The molecule has 3 atom stereocenters. The Balaban J connectivity index is 0.000000366. The van der Waals surface area contributed by atoms with E-state index < -0.39 is 0 Å². The molecule has 0 aromatic carbocycles. The number of aliphatic hydroxyl groups is 6. The van der Waals surface area contributed by atoms with Crippen molar-refractivity contribution in [2.45, 2.75) is 168 Å². The Morgan fingerprint density at radius 2 is 0.590 bits per heavy atom. The first-order valence-electron chi connectivity index (χ1n) is 25.8. The molecule has 12 heteroatoms. The van der Waals surface area contributed by atoms with Gasteiger partial charge in [0.2, 0.25) is 0 Å². The molecular formula is C49H104N6O6. The first kappa shape index (κ1) is 58.5. The lowest BCUT2D eigenvalue weighted by molar-refractivity contribution is 0.166. The molecule has 6 N–H and O–H groups in total. The minimum atomic E-state index is 0.337. The van der Waals surface area contributed by atoms with Gasteiger partial charge in [0.25, 0.3) is 0 Å². The lowest BCUT2D eigenvalue weighted by atomic mass is 10.0. The van der Waals surface area contributed by atoms with Gasteiger partial charge < -0.3 is 60.0 Å². The predicted molar refractivity (Wildman–Crippen MR) is 256 cm³/mol. The second-order valence-corrected chi connectivity index (χ2v) is 18.8. The SMILES string of the molecule is C[C@H]1CCCN(CCCO)C1.C[C@H]1CCCN1CCCO.C[C@H]1CCCN1CCCO.OCCCN1CCCC1.OCCCN1CCCCC1.OCCCN1CCCCCC1. The van der Waals surface area contributed by atoms with Crippen molar-refractivity contribution in [3.63, 3.8) is 0 Å². The van der Waals surface area contributed by atoms with Gasteiger partial charge in [0.05, 0.1) is 0 Å². The maximum atomic E-state index is 8.64. The monoisotopic (exact) mass is 873 g/mol. The molecule has 0 aromatic heterocycles. The molecule has 0 unspecified atom stereocenters. The molecule has 12 nitrogen and oxygen atoms in total. The van der Waals surface area contributed by atoms with Crippen LogP contribution in [0.1, 0.15) is 156 Å². The van der Waals surface area contributed by atoms with Gasteiger partial charge in [-0.05, 0) is 194 Å². The normalized spacial score (nSPS) is 24.4. The van der Waals surface area contributed by atoms with Crippen molar-refractivity contribution in [2.75, 3.05) is 144 Å². The van der Waals surface area contributed by atoms with E-state index in [0.717, 1.165) is 95.8 Å². The summed E-state index contributed by atoms with van der Waals surface area (Å²) in [5.74, 6) is 0.863. The van der Waals surface area contributed by atoms with Gasteiger partial charge in [-0.15, -0.1) is 0 Å². The van der Waals surface area contributed by atoms with E-state index in [0.29, 0.717) is 39.6 Å². The fourth-order valence-electron chi connectivity index (χ4n) is 9.41. The molecule has 6 fully saturated rings. The van der Waals surface area contributed by atoms with Gasteiger partial charge in [0.1, 0.15) is 0 Å². The van der Waals surface area contributed by atoms with Crippen LogP contribution in [0.25, 0.3) is 0 Å². The summed E-state index contributed by atoms with van der Waals surface area (Å²) >= 11 is 0. The molecule has 61 heavy (non-hydrogen) atoms. The van der Waals surface area contributed by atoms with E-state index in [-0.39, 0.29) is 0 Å². The summed E-state index contributed by atoms with van der Waals surface area (Å²) in [6.45, 7) is 27.9. The number of nitrogens with zero attached hydrogens (tertiary/aromatic N) is 6. The van der Waals surface area contributed by atoms with Gasteiger partial charge in [-0.1, -0.05) is 26.2 Å². The molecular weight excluding hydrogens is 769 g/mol. The number of aliphatic hydroxyl groups excluding tert-OH is 6. The topological polar surface area (TPSA) is 141 Å². The number of hydrogen-bond acceptors (Lipinski definition) is 12. The summed E-state index contributed by atoms with van der Waals surface area (Å²) in [7, 11) is 0. The molecule has 0 spiro atoms. The Hall–Kier alpha value is -0.480. The molecule has 0 radical (unpaired) electrons.